The van der Waals surface area contributed by atoms with Gasteiger partial charge in [-0.15, -0.1) is 0 Å². The largest absolute Gasteiger partial charge is 0.368 e. The van der Waals surface area contributed by atoms with Gasteiger partial charge in [-0.2, -0.15) is 0 Å². The highest BCUT2D eigenvalue weighted by Crippen LogP contribution is 2.13. The SMILES string of the molecule is CCc1ccc(C(NCCN=[N+]=[N-])C(N)=O)cc1. The van der Waals surface area contributed by atoms with Crippen molar-refractivity contribution in [2.45, 2.75) is 19.4 Å². The first kappa shape index (κ1) is 14.0. The Hall–Kier alpha value is -2.04. The number of primary amides is 1. The van der Waals surface area contributed by atoms with Crippen molar-refractivity contribution in [3.8, 4) is 0 Å². The predicted molar refractivity (Wildman–Crippen MR) is 69.8 cm³/mol. The van der Waals surface area contributed by atoms with Gasteiger partial charge in [-0.1, -0.05) is 36.3 Å². The number of benzene rings is 1. The van der Waals surface area contributed by atoms with E-state index in [0.29, 0.717) is 6.54 Å². The summed E-state index contributed by atoms with van der Waals surface area (Å²) < 4.78 is 0. The minimum atomic E-state index is -0.551. The van der Waals surface area contributed by atoms with Crippen LogP contribution in [-0.2, 0) is 11.2 Å². The van der Waals surface area contributed by atoms with Crippen LogP contribution in [0.25, 0.3) is 10.4 Å². The molecule has 1 atom stereocenters. The first-order valence-corrected chi connectivity index (χ1v) is 5.81. The van der Waals surface area contributed by atoms with Crippen LogP contribution >= 0.6 is 0 Å². The zero-order valence-corrected chi connectivity index (χ0v) is 10.3. The van der Waals surface area contributed by atoms with Crippen LogP contribution in [0.3, 0.4) is 0 Å². The Morgan fingerprint density at radius 3 is 2.67 bits per heavy atom. The third-order valence-corrected chi connectivity index (χ3v) is 2.63. The van der Waals surface area contributed by atoms with Gasteiger partial charge >= 0.3 is 0 Å². The summed E-state index contributed by atoms with van der Waals surface area (Å²) in [5.74, 6) is -0.444. The summed E-state index contributed by atoms with van der Waals surface area (Å²) in [4.78, 5) is 14.0. The van der Waals surface area contributed by atoms with Gasteiger partial charge in [0.05, 0.1) is 0 Å². The van der Waals surface area contributed by atoms with Crippen LogP contribution in [0.15, 0.2) is 29.4 Å². The molecule has 1 amide bonds. The highest BCUT2D eigenvalue weighted by atomic mass is 16.1. The molecule has 0 spiro atoms. The molecule has 0 radical (unpaired) electrons. The van der Waals surface area contributed by atoms with Crippen molar-refractivity contribution < 1.29 is 4.79 Å². The van der Waals surface area contributed by atoms with E-state index in [0.717, 1.165) is 12.0 Å². The van der Waals surface area contributed by atoms with Crippen LogP contribution in [0.4, 0.5) is 0 Å². The lowest BCUT2D eigenvalue weighted by molar-refractivity contribution is -0.120. The zero-order chi connectivity index (χ0) is 13.4. The molecular weight excluding hydrogens is 230 g/mol. The van der Waals surface area contributed by atoms with Crippen LogP contribution in [-0.4, -0.2) is 19.0 Å². The lowest BCUT2D eigenvalue weighted by Gasteiger charge is -2.15. The summed E-state index contributed by atoms with van der Waals surface area (Å²) in [6.07, 6.45) is 0.950. The summed E-state index contributed by atoms with van der Waals surface area (Å²) in [6.45, 7) is 2.76. The van der Waals surface area contributed by atoms with Crippen molar-refractivity contribution in [2.75, 3.05) is 13.1 Å². The van der Waals surface area contributed by atoms with Gasteiger partial charge in [-0.3, -0.25) is 4.79 Å². The molecule has 0 aliphatic rings. The molecule has 6 heteroatoms. The van der Waals surface area contributed by atoms with Crippen molar-refractivity contribution in [1.82, 2.24) is 5.32 Å². The van der Waals surface area contributed by atoms with Crippen molar-refractivity contribution in [3.05, 3.63) is 45.8 Å². The van der Waals surface area contributed by atoms with Gasteiger partial charge in [0.15, 0.2) is 0 Å². The van der Waals surface area contributed by atoms with Crippen LogP contribution in [0.5, 0.6) is 0 Å². The van der Waals surface area contributed by atoms with Gasteiger partial charge < -0.3 is 11.1 Å². The fourth-order valence-corrected chi connectivity index (χ4v) is 1.63. The number of amides is 1. The third-order valence-electron chi connectivity index (χ3n) is 2.63. The molecule has 3 N–H and O–H groups in total. The molecule has 1 aromatic rings. The fourth-order valence-electron chi connectivity index (χ4n) is 1.63. The average Bonchev–Trinajstić information content (AvgIpc) is 2.39. The summed E-state index contributed by atoms with van der Waals surface area (Å²) in [7, 11) is 0. The third kappa shape index (κ3) is 4.08. The molecule has 96 valence electrons. The van der Waals surface area contributed by atoms with Gasteiger partial charge in [0.25, 0.3) is 0 Å². The number of rotatable bonds is 7. The van der Waals surface area contributed by atoms with E-state index in [-0.39, 0.29) is 6.54 Å². The van der Waals surface area contributed by atoms with Gasteiger partial charge in [0.2, 0.25) is 5.91 Å². The molecule has 0 saturated heterocycles. The van der Waals surface area contributed by atoms with E-state index >= 15 is 0 Å². The molecule has 0 heterocycles. The van der Waals surface area contributed by atoms with Crippen LogP contribution in [0, 0.1) is 0 Å². The molecular formula is C12H17N5O. The summed E-state index contributed by atoms with van der Waals surface area (Å²) in [5.41, 5.74) is 15.5. The van der Waals surface area contributed by atoms with Gasteiger partial charge in [0.1, 0.15) is 6.04 Å². The van der Waals surface area contributed by atoms with E-state index in [1.54, 1.807) is 0 Å². The number of carbonyl (C=O) groups excluding carboxylic acids is 1. The second-order valence-corrected chi connectivity index (χ2v) is 3.84. The van der Waals surface area contributed by atoms with Crippen molar-refractivity contribution >= 4 is 5.91 Å². The molecule has 6 nitrogen and oxygen atoms in total. The van der Waals surface area contributed by atoms with Crippen molar-refractivity contribution in [3.63, 3.8) is 0 Å². The minimum Gasteiger partial charge on any atom is -0.368 e. The van der Waals surface area contributed by atoms with Gasteiger partial charge in [0, 0.05) is 18.0 Å². The standard InChI is InChI=1S/C12H17N5O/c1-2-9-3-5-10(6-4-9)11(12(13)18)15-7-8-16-17-14/h3-6,11,15H,2,7-8H2,1H3,(H2,13,18). The van der Waals surface area contributed by atoms with E-state index in [1.807, 2.05) is 24.3 Å². The van der Waals surface area contributed by atoms with Crippen LogP contribution in [0.2, 0.25) is 0 Å². The Labute approximate surface area is 106 Å². The lowest BCUT2D eigenvalue weighted by atomic mass is 10.0. The van der Waals surface area contributed by atoms with E-state index < -0.39 is 11.9 Å². The van der Waals surface area contributed by atoms with Gasteiger partial charge in [-0.25, -0.2) is 0 Å². The smallest absolute Gasteiger partial charge is 0.239 e. The Bertz CT molecular complexity index is 436. The van der Waals surface area contributed by atoms with E-state index in [4.69, 9.17) is 11.3 Å². The summed E-state index contributed by atoms with van der Waals surface area (Å²) >= 11 is 0. The average molecular weight is 247 g/mol. The molecule has 1 aromatic carbocycles. The maximum atomic E-state index is 11.4. The number of carbonyl (C=O) groups is 1. The number of nitrogens with zero attached hydrogens (tertiary/aromatic N) is 3. The zero-order valence-electron chi connectivity index (χ0n) is 10.3. The van der Waals surface area contributed by atoms with Gasteiger partial charge in [-0.05, 0) is 23.1 Å². The van der Waals surface area contributed by atoms with Crippen LogP contribution in [0.1, 0.15) is 24.1 Å². The highest BCUT2D eigenvalue weighted by Gasteiger charge is 2.16. The maximum absolute atomic E-state index is 11.4. The van der Waals surface area contributed by atoms with E-state index in [2.05, 4.69) is 22.3 Å². The normalized spacial score (nSPS) is 11.6. The second kappa shape index (κ2) is 7.32. The highest BCUT2D eigenvalue weighted by molar-refractivity contribution is 5.81. The Kier molecular flexibility index (Phi) is 5.70. The Morgan fingerprint density at radius 1 is 1.50 bits per heavy atom. The number of hydrogen-bond acceptors (Lipinski definition) is 3. The monoisotopic (exact) mass is 247 g/mol. The molecule has 0 aromatic heterocycles. The Balaban J connectivity index is 2.70. The fraction of sp³-hybridized carbons (Fsp3) is 0.417. The minimum absolute atomic E-state index is 0.285. The summed E-state index contributed by atoms with van der Waals surface area (Å²) in [5, 5.41) is 6.36. The molecule has 1 unspecified atom stereocenters. The topological polar surface area (TPSA) is 104 Å². The number of nitrogens with two attached hydrogens (primary N) is 1. The van der Waals surface area contributed by atoms with E-state index in [1.165, 1.54) is 5.56 Å². The lowest BCUT2D eigenvalue weighted by Crippen LogP contribution is -2.34. The van der Waals surface area contributed by atoms with Crippen molar-refractivity contribution in [2.24, 2.45) is 10.8 Å². The molecule has 18 heavy (non-hydrogen) atoms. The maximum Gasteiger partial charge on any atom is 0.239 e. The summed E-state index contributed by atoms with van der Waals surface area (Å²) in [6, 6.07) is 7.16. The molecule has 0 aliphatic carbocycles. The first-order chi connectivity index (χ1) is 8.69. The number of azide groups is 1. The molecule has 0 fully saturated rings. The van der Waals surface area contributed by atoms with Crippen molar-refractivity contribution in [1.29, 1.82) is 0 Å². The van der Waals surface area contributed by atoms with E-state index in [9.17, 15) is 4.79 Å². The molecule has 0 aliphatic heterocycles. The van der Waals surface area contributed by atoms with Crippen LogP contribution < -0.4 is 11.1 Å². The number of aryl methyl sites for hydroxylation is 1. The number of nitrogens with one attached hydrogen (secondary N) is 1. The molecule has 0 saturated carbocycles. The Morgan fingerprint density at radius 2 is 2.17 bits per heavy atom. The first-order valence-electron chi connectivity index (χ1n) is 5.81. The molecule has 1 rings (SSSR count). The quantitative estimate of drug-likeness (QED) is 0.331. The molecule has 0 bridgehead atoms. The second-order valence-electron chi connectivity index (χ2n) is 3.84. The predicted octanol–water partition coefficient (Wildman–Crippen LogP) is 1.68. The number of hydrogen-bond donors (Lipinski definition) is 2.